The normalized spacial score (nSPS) is 10.2. The number of benzene rings is 2. The van der Waals surface area contributed by atoms with Gasteiger partial charge in [0.15, 0.2) is 0 Å². The van der Waals surface area contributed by atoms with Crippen LogP contribution in [-0.2, 0) is 22.7 Å². The summed E-state index contributed by atoms with van der Waals surface area (Å²) in [6.45, 7) is 1.15. The van der Waals surface area contributed by atoms with Gasteiger partial charge in [-0.2, -0.15) is 0 Å². The maximum absolute atomic E-state index is 11.6. The Balaban J connectivity index is 1.69. The van der Waals surface area contributed by atoms with Gasteiger partial charge in [0.05, 0.1) is 6.54 Å². The van der Waals surface area contributed by atoms with Gasteiger partial charge in [-0.1, -0.05) is 64.5 Å². The van der Waals surface area contributed by atoms with Gasteiger partial charge >= 0.3 is 5.97 Å². The molecule has 0 saturated carbocycles. The van der Waals surface area contributed by atoms with Crippen molar-refractivity contribution in [2.75, 3.05) is 6.54 Å². The van der Waals surface area contributed by atoms with E-state index in [-0.39, 0.29) is 12.5 Å². The van der Waals surface area contributed by atoms with Gasteiger partial charge in [0.25, 0.3) is 0 Å². The van der Waals surface area contributed by atoms with Crippen molar-refractivity contribution in [2.45, 2.75) is 13.2 Å². The first-order valence-corrected chi connectivity index (χ1v) is 7.18. The molecule has 0 spiro atoms. The van der Waals surface area contributed by atoms with E-state index in [9.17, 15) is 4.79 Å². The summed E-state index contributed by atoms with van der Waals surface area (Å²) in [5, 5.41) is 3.07. The summed E-state index contributed by atoms with van der Waals surface area (Å²) < 4.78 is 6.22. The van der Waals surface area contributed by atoms with Crippen LogP contribution >= 0.6 is 15.9 Å². The highest BCUT2D eigenvalue weighted by atomic mass is 79.9. The number of hydrogen-bond acceptors (Lipinski definition) is 3. The first kappa shape index (κ1) is 14.8. The molecule has 0 aliphatic carbocycles. The van der Waals surface area contributed by atoms with Crippen molar-refractivity contribution in [3.05, 3.63) is 70.2 Å². The van der Waals surface area contributed by atoms with Crippen LogP contribution in [-0.4, -0.2) is 12.5 Å². The van der Waals surface area contributed by atoms with Gasteiger partial charge in [0, 0.05) is 11.0 Å². The number of esters is 1. The number of hydrogen-bond donors (Lipinski definition) is 1. The van der Waals surface area contributed by atoms with Crippen molar-refractivity contribution < 1.29 is 9.53 Å². The zero-order valence-corrected chi connectivity index (χ0v) is 12.6. The Bertz CT molecular complexity index is 557. The van der Waals surface area contributed by atoms with Crippen LogP contribution in [0.25, 0.3) is 0 Å². The highest BCUT2D eigenvalue weighted by molar-refractivity contribution is 9.10. The summed E-state index contributed by atoms with van der Waals surface area (Å²) in [5.74, 6) is -0.249. The Labute approximate surface area is 127 Å². The molecule has 0 heterocycles. The smallest absolute Gasteiger partial charge is 0.320 e. The lowest BCUT2D eigenvalue weighted by Crippen LogP contribution is -2.24. The van der Waals surface area contributed by atoms with Crippen LogP contribution in [0.4, 0.5) is 0 Å². The lowest BCUT2D eigenvalue weighted by molar-refractivity contribution is -0.143. The van der Waals surface area contributed by atoms with Crippen molar-refractivity contribution in [3.63, 3.8) is 0 Å². The zero-order chi connectivity index (χ0) is 14.2. The van der Waals surface area contributed by atoms with Crippen LogP contribution in [0.15, 0.2) is 59.1 Å². The van der Waals surface area contributed by atoms with E-state index in [1.54, 1.807) is 0 Å². The van der Waals surface area contributed by atoms with Crippen LogP contribution in [0.5, 0.6) is 0 Å². The summed E-state index contributed by atoms with van der Waals surface area (Å²) in [4.78, 5) is 11.6. The largest absolute Gasteiger partial charge is 0.460 e. The summed E-state index contributed by atoms with van der Waals surface area (Å²) in [6.07, 6.45) is 0. The second-order valence-corrected chi connectivity index (χ2v) is 5.20. The van der Waals surface area contributed by atoms with E-state index in [4.69, 9.17) is 4.74 Å². The third-order valence-electron chi connectivity index (χ3n) is 2.79. The van der Waals surface area contributed by atoms with Crippen molar-refractivity contribution in [1.29, 1.82) is 0 Å². The minimum atomic E-state index is -0.249. The molecule has 3 nitrogen and oxygen atoms in total. The molecule has 0 fully saturated rings. The minimum absolute atomic E-state index is 0.203. The molecular weight excluding hydrogens is 318 g/mol. The number of ether oxygens (including phenoxy) is 1. The van der Waals surface area contributed by atoms with Crippen molar-refractivity contribution in [3.8, 4) is 0 Å². The van der Waals surface area contributed by atoms with Crippen LogP contribution in [0, 0.1) is 0 Å². The number of halogens is 1. The first-order valence-electron chi connectivity index (χ1n) is 6.39. The van der Waals surface area contributed by atoms with Gasteiger partial charge in [0.2, 0.25) is 0 Å². The fourth-order valence-corrected chi connectivity index (χ4v) is 2.16. The molecule has 0 amide bonds. The van der Waals surface area contributed by atoms with Gasteiger partial charge in [-0.15, -0.1) is 0 Å². The fraction of sp³-hybridized carbons (Fsp3) is 0.188. The molecule has 20 heavy (non-hydrogen) atoms. The van der Waals surface area contributed by atoms with Gasteiger partial charge in [-0.3, -0.25) is 4.79 Å². The van der Waals surface area contributed by atoms with Gasteiger partial charge in [0.1, 0.15) is 6.61 Å². The van der Waals surface area contributed by atoms with Crippen LogP contribution in [0.3, 0.4) is 0 Å². The standard InChI is InChI=1S/C16H16BrNO2/c17-15-9-5-4-8-14(15)10-18-11-16(19)20-12-13-6-2-1-3-7-13/h1-9,18H,10-12H2. The summed E-state index contributed by atoms with van der Waals surface area (Å²) in [5.41, 5.74) is 2.11. The zero-order valence-electron chi connectivity index (χ0n) is 11.0. The van der Waals surface area contributed by atoms with E-state index in [2.05, 4.69) is 21.2 Å². The van der Waals surface area contributed by atoms with E-state index in [0.29, 0.717) is 13.2 Å². The summed E-state index contributed by atoms with van der Waals surface area (Å²) in [6, 6.07) is 17.6. The lowest BCUT2D eigenvalue weighted by atomic mass is 10.2. The maximum atomic E-state index is 11.6. The van der Waals surface area contributed by atoms with Gasteiger partial charge in [-0.25, -0.2) is 0 Å². The second-order valence-electron chi connectivity index (χ2n) is 4.34. The third kappa shape index (κ3) is 4.79. The molecule has 0 saturated heterocycles. The Morgan fingerprint density at radius 2 is 1.75 bits per heavy atom. The summed E-state index contributed by atoms with van der Waals surface area (Å²) >= 11 is 3.47. The van der Waals surface area contributed by atoms with Crippen molar-refractivity contribution >= 4 is 21.9 Å². The Hall–Kier alpha value is -1.65. The molecular formula is C16H16BrNO2. The average Bonchev–Trinajstić information content (AvgIpc) is 2.48. The number of carbonyl (C=O) groups excluding carboxylic acids is 1. The number of rotatable bonds is 6. The van der Waals surface area contributed by atoms with Crippen molar-refractivity contribution in [1.82, 2.24) is 5.32 Å². The van der Waals surface area contributed by atoms with Crippen LogP contribution in [0.2, 0.25) is 0 Å². The molecule has 1 N–H and O–H groups in total. The molecule has 0 unspecified atom stereocenters. The van der Waals surface area contributed by atoms with Gasteiger partial charge in [-0.05, 0) is 17.2 Å². The third-order valence-corrected chi connectivity index (χ3v) is 3.56. The highest BCUT2D eigenvalue weighted by Crippen LogP contribution is 2.15. The van der Waals surface area contributed by atoms with Gasteiger partial charge < -0.3 is 10.1 Å². The predicted molar refractivity (Wildman–Crippen MR) is 82.1 cm³/mol. The van der Waals surface area contributed by atoms with E-state index in [0.717, 1.165) is 15.6 Å². The lowest BCUT2D eigenvalue weighted by Gasteiger charge is -2.07. The average molecular weight is 334 g/mol. The van der Waals surface area contributed by atoms with E-state index >= 15 is 0 Å². The first-order chi connectivity index (χ1) is 9.75. The second kappa shape index (κ2) is 7.82. The van der Waals surface area contributed by atoms with Crippen LogP contribution < -0.4 is 5.32 Å². The summed E-state index contributed by atoms with van der Waals surface area (Å²) in [7, 11) is 0. The minimum Gasteiger partial charge on any atom is -0.460 e. The fourth-order valence-electron chi connectivity index (χ4n) is 1.73. The number of carbonyl (C=O) groups is 1. The monoisotopic (exact) mass is 333 g/mol. The number of nitrogens with one attached hydrogen (secondary N) is 1. The molecule has 0 bridgehead atoms. The molecule has 2 rings (SSSR count). The van der Waals surface area contributed by atoms with E-state index in [1.165, 1.54) is 0 Å². The Morgan fingerprint density at radius 3 is 2.50 bits per heavy atom. The topological polar surface area (TPSA) is 38.3 Å². The highest BCUT2D eigenvalue weighted by Gasteiger charge is 2.04. The quantitative estimate of drug-likeness (QED) is 0.824. The molecule has 0 atom stereocenters. The molecule has 104 valence electrons. The Morgan fingerprint density at radius 1 is 1.05 bits per heavy atom. The molecule has 4 heteroatoms. The molecule has 2 aromatic rings. The molecule has 2 aromatic carbocycles. The SMILES string of the molecule is O=C(CNCc1ccccc1Br)OCc1ccccc1. The molecule has 0 aliphatic rings. The van der Waals surface area contributed by atoms with E-state index in [1.807, 2.05) is 54.6 Å². The van der Waals surface area contributed by atoms with Crippen molar-refractivity contribution in [2.24, 2.45) is 0 Å². The Kier molecular flexibility index (Phi) is 5.77. The van der Waals surface area contributed by atoms with Crippen LogP contribution in [0.1, 0.15) is 11.1 Å². The van der Waals surface area contributed by atoms with E-state index < -0.39 is 0 Å². The maximum Gasteiger partial charge on any atom is 0.320 e. The molecule has 0 radical (unpaired) electrons. The molecule has 0 aromatic heterocycles. The molecule has 0 aliphatic heterocycles. The predicted octanol–water partition coefficient (Wildman–Crippen LogP) is 3.28.